The summed E-state index contributed by atoms with van der Waals surface area (Å²) < 4.78 is 37.7. The third-order valence-electron chi connectivity index (χ3n) is 3.92. The third kappa shape index (κ3) is 3.72. The monoisotopic (exact) mass is 370 g/mol. The van der Waals surface area contributed by atoms with Crippen LogP contribution in [0.4, 0.5) is 14.6 Å². The molecule has 0 aliphatic rings. The Balaban J connectivity index is 1.85. The number of amides is 1. The first-order chi connectivity index (χ1) is 13.0. The van der Waals surface area contributed by atoms with Crippen molar-refractivity contribution >= 4 is 11.7 Å². The molecule has 138 valence electrons. The van der Waals surface area contributed by atoms with Gasteiger partial charge in [0, 0.05) is 17.3 Å². The van der Waals surface area contributed by atoms with Crippen molar-refractivity contribution in [2.24, 2.45) is 0 Å². The van der Waals surface area contributed by atoms with Gasteiger partial charge in [0.25, 0.3) is 5.91 Å². The van der Waals surface area contributed by atoms with E-state index in [2.05, 4.69) is 10.3 Å². The summed E-state index contributed by atoms with van der Waals surface area (Å²) in [6.07, 6.45) is 1.35. The molecule has 2 aromatic carbocycles. The zero-order valence-corrected chi connectivity index (χ0v) is 14.6. The lowest BCUT2D eigenvalue weighted by Gasteiger charge is -2.13. The van der Waals surface area contributed by atoms with E-state index in [-0.39, 0.29) is 16.9 Å². The van der Waals surface area contributed by atoms with Crippen LogP contribution in [-0.4, -0.2) is 25.1 Å². The van der Waals surface area contributed by atoms with Crippen LogP contribution in [0.3, 0.4) is 0 Å². The van der Waals surface area contributed by atoms with Gasteiger partial charge in [0.1, 0.15) is 22.9 Å². The van der Waals surface area contributed by atoms with Crippen molar-refractivity contribution < 1.29 is 23.0 Å². The van der Waals surface area contributed by atoms with E-state index in [1.807, 2.05) is 0 Å². The molecular weight excluding hydrogens is 354 g/mol. The van der Waals surface area contributed by atoms with Crippen LogP contribution in [0.15, 0.2) is 54.7 Å². The molecule has 0 saturated carbocycles. The van der Waals surface area contributed by atoms with Gasteiger partial charge in [0.15, 0.2) is 11.6 Å². The number of rotatable bonds is 5. The van der Waals surface area contributed by atoms with Gasteiger partial charge in [0.2, 0.25) is 0 Å². The number of benzene rings is 2. The summed E-state index contributed by atoms with van der Waals surface area (Å²) in [5.41, 5.74) is 0.705. The predicted molar refractivity (Wildman–Crippen MR) is 97.1 cm³/mol. The summed E-state index contributed by atoms with van der Waals surface area (Å²) in [6, 6.07) is 11.9. The van der Waals surface area contributed by atoms with E-state index in [1.54, 1.807) is 24.3 Å². The van der Waals surface area contributed by atoms with Crippen LogP contribution in [0.1, 0.15) is 10.4 Å². The van der Waals surface area contributed by atoms with Gasteiger partial charge in [-0.2, -0.15) is 0 Å². The van der Waals surface area contributed by atoms with Gasteiger partial charge in [-0.15, -0.1) is 0 Å². The van der Waals surface area contributed by atoms with Gasteiger partial charge in [-0.3, -0.25) is 4.79 Å². The molecule has 27 heavy (non-hydrogen) atoms. The van der Waals surface area contributed by atoms with Crippen LogP contribution >= 0.6 is 0 Å². The first-order valence-corrected chi connectivity index (χ1v) is 7.98. The number of aromatic nitrogens is 1. The van der Waals surface area contributed by atoms with Gasteiger partial charge in [-0.25, -0.2) is 13.8 Å². The topological polar surface area (TPSA) is 60.5 Å². The fourth-order valence-corrected chi connectivity index (χ4v) is 2.61. The Morgan fingerprint density at radius 2 is 1.63 bits per heavy atom. The van der Waals surface area contributed by atoms with Crippen molar-refractivity contribution in [3.05, 3.63) is 71.9 Å². The molecule has 0 unspecified atom stereocenters. The van der Waals surface area contributed by atoms with Gasteiger partial charge in [-0.1, -0.05) is 18.2 Å². The normalized spacial score (nSPS) is 10.4. The Morgan fingerprint density at radius 3 is 2.22 bits per heavy atom. The Hall–Kier alpha value is -3.48. The maximum atomic E-state index is 13.9. The number of carbonyl (C=O) groups excluding carboxylic acids is 1. The summed E-state index contributed by atoms with van der Waals surface area (Å²) in [5.74, 6) is -1.41. The van der Waals surface area contributed by atoms with Crippen LogP contribution in [0.25, 0.3) is 11.1 Å². The second kappa shape index (κ2) is 7.82. The van der Waals surface area contributed by atoms with E-state index < -0.39 is 17.5 Å². The number of hydrogen-bond donors (Lipinski definition) is 1. The fraction of sp³-hybridized carbons (Fsp3) is 0.100. The molecule has 7 heteroatoms. The van der Waals surface area contributed by atoms with Gasteiger partial charge in [0.05, 0.1) is 14.2 Å². The maximum Gasteiger partial charge on any atom is 0.264 e. The highest BCUT2D eigenvalue weighted by Crippen LogP contribution is 2.29. The molecule has 3 rings (SSSR count). The highest BCUT2D eigenvalue weighted by Gasteiger charge is 2.19. The quantitative estimate of drug-likeness (QED) is 0.728. The first-order valence-electron chi connectivity index (χ1n) is 7.98. The lowest BCUT2D eigenvalue weighted by atomic mass is 10.1. The molecule has 0 atom stereocenters. The molecule has 5 nitrogen and oxygen atoms in total. The average molecular weight is 370 g/mol. The number of halogens is 2. The van der Waals surface area contributed by atoms with Crippen molar-refractivity contribution in [3.63, 3.8) is 0 Å². The molecule has 0 fully saturated rings. The second-order valence-corrected chi connectivity index (χ2v) is 5.53. The number of ether oxygens (including phenoxy) is 2. The molecule has 3 aromatic rings. The largest absolute Gasteiger partial charge is 0.496 e. The highest BCUT2D eigenvalue weighted by molar-refractivity contribution is 6.07. The van der Waals surface area contributed by atoms with Crippen molar-refractivity contribution in [1.29, 1.82) is 0 Å². The minimum atomic E-state index is -0.949. The fourth-order valence-electron chi connectivity index (χ4n) is 2.61. The number of nitrogens with one attached hydrogen (secondary N) is 1. The third-order valence-corrected chi connectivity index (χ3v) is 3.92. The Labute approximate surface area is 154 Å². The van der Waals surface area contributed by atoms with Crippen molar-refractivity contribution in [3.8, 4) is 22.6 Å². The highest BCUT2D eigenvalue weighted by atomic mass is 19.2. The molecule has 0 bridgehead atoms. The molecule has 1 amide bonds. The lowest BCUT2D eigenvalue weighted by Crippen LogP contribution is -2.15. The number of hydrogen-bond acceptors (Lipinski definition) is 4. The number of anilines is 1. The molecule has 0 aliphatic heterocycles. The molecule has 1 aromatic heterocycles. The molecule has 0 saturated heterocycles. The van der Waals surface area contributed by atoms with Crippen molar-refractivity contribution in [1.82, 2.24) is 4.98 Å². The van der Waals surface area contributed by atoms with E-state index in [9.17, 15) is 13.6 Å². The molecule has 0 radical (unpaired) electrons. The summed E-state index contributed by atoms with van der Waals surface area (Å²) in [6.45, 7) is 0. The van der Waals surface area contributed by atoms with Crippen molar-refractivity contribution in [2.75, 3.05) is 19.5 Å². The minimum absolute atomic E-state index is 0.0896. The van der Waals surface area contributed by atoms with Crippen LogP contribution < -0.4 is 14.8 Å². The van der Waals surface area contributed by atoms with E-state index in [4.69, 9.17) is 9.47 Å². The standard InChI is InChI=1S/C20H16F2N2O3/c1-26-15-7-4-8-16(27-2)18(15)20(25)24-17-10-9-12(11-23-17)13-5-3-6-14(21)19(13)22/h3-11H,1-2H3,(H,23,24,25). The number of nitrogens with zero attached hydrogens (tertiary/aromatic N) is 1. The minimum Gasteiger partial charge on any atom is -0.496 e. The number of methoxy groups -OCH3 is 2. The van der Waals surface area contributed by atoms with Gasteiger partial charge >= 0.3 is 0 Å². The Kier molecular flexibility index (Phi) is 5.30. The van der Waals surface area contributed by atoms with E-state index in [0.29, 0.717) is 17.1 Å². The molecule has 1 heterocycles. The van der Waals surface area contributed by atoms with Crippen LogP contribution in [0.5, 0.6) is 11.5 Å². The number of carbonyl (C=O) groups is 1. The van der Waals surface area contributed by atoms with E-state index >= 15 is 0 Å². The first kappa shape index (κ1) is 18.3. The summed E-state index contributed by atoms with van der Waals surface area (Å²) >= 11 is 0. The zero-order chi connectivity index (χ0) is 19.4. The molecule has 0 spiro atoms. The summed E-state index contributed by atoms with van der Waals surface area (Å²) in [4.78, 5) is 16.7. The van der Waals surface area contributed by atoms with Crippen LogP contribution in [0.2, 0.25) is 0 Å². The second-order valence-electron chi connectivity index (χ2n) is 5.53. The van der Waals surface area contributed by atoms with Crippen LogP contribution in [-0.2, 0) is 0 Å². The molecular formula is C20H16F2N2O3. The molecule has 1 N–H and O–H groups in total. The van der Waals surface area contributed by atoms with E-state index in [0.717, 1.165) is 6.07 Å². The lowest BCUT2D eigenvalue weighted by molar-refractivity contribution is 0.102. The predicted octanol–water partition coefficient (Wildman–Crippen LogP) is 4.30. The van der Waals surface area contributed by atoms with Gasteiger partial charge in [-0.05, 0) is 30.3 Å². The van der Waals surface area contributed by atoms with Crippen molar-refractivity contribution in [2.45, 2.75) is 0 Å². The number of pyridine rings is 1. The smallest absolute Gasteiger partial charge is 0.264 e. The SMILES string of the molecule is COc1cccc(OC)c1C(=O)Nc1ccc(-c2cccc(F)c2F)cn1. The maximum absolute atomic E-state index is 13.9. The average Bonchev–Trinajstić information content (AvgIpc) is 2.70. The van der Waals surface area contributed by atoms with Gasteiger partial charge < -0.3 is 14.8 Å². The Morgan fingerprint density at radius 1 is 0.963 bits per heavy atom. The van der Waals surface area contributed by atoms with E-state index in [1.165, 1.54) is 38.6 Å². The summed E-state index contributed by atoms with van der Waals surface area (Å²) in [7, 11) is 2.90. The zero-order valence-electron chi connectivity index (χ0n) is 14.6. The summed E-state index contributed by atoms with van der Waals surface area (Å²) in [5, 5.41) is 2.63. The molecule has 0 aliphatic carbocycles. The van der Waals surface area contributed by atoms with Crippen LogP contribution in [0, 0.1) is 11.6 Å². The Bertz CT molecular complexity index is 953.